The zero-order chi connectivity index (χ0) is 7.68. The van der Waals surface area contributed by atoms with Crippen LogP contribution in [0.3, 0.4) is 0 Å². The van der Waals surface area contributed by atoms with Crippen LogP contribution in [-0.4, -0.2) is 6.21 Å². The summed E-state index contributed by atoms with van der Waals surface area (Å²) in [6.07, 6.45) is 3.77. The Morgan fingerprint density at radius 1 is 1.45 bits per heavy atom. The minimum absolute atomic E-state index is 0.840. The third-order valence-corrected chi connectivity index (χ3v) is 1.90. The van der Waals surface area contributed by atoms with Crippen molar-refractivity contribution < 1.29 is 0 Å². The van der Waals surface area contributed by atoms with E-state index in [0.29, 0.717) is 0 Å². The number of rotatable bonds is 1. The van der Waals surface area contributed by atoms with Gasteiger partial charge in [-0.05, 0) is 22.8 Å². The fourth-order valence-corrected chi connectivity index (χ4v) is 1.25. The van der Waals surface area contributed by atoms with Gasteiger partial charge in [-0.1, -0.05) is 24.8 Å². The lowest BCUT2D eigenvalue weighted by Gasteiger charge is -1.97. The Bertz CT molecular complexity index is 324. The maximum Gasteiger partial charge on any atom is 0.0646 e. The molecule has 1 aliphatic heterocycles. The molecule has 0 bridgehead atoms. The van der Waals surface area contributed by atoms with E-state index in [4.69, 9.17) is 0 Å². The van der Waals surface area contributed by atoms with Crippen LogP contribution in [-0.2, 0) is 6.54 Å². The average Bonchev–Trinajstić information content (AvgIpc) is 2.50. The van der Waals surface area contributed by atoms with E-state index in [-0.39, 0.29) is 0 Å². The molecule has 0 amide bonds. The first-order valence-electron chi connectivity index (χ1n) is 3.65. The third-order valence-electron chi connectivity index (χ3n) is 1.90. The predicted octanol–water partition coefficient (Wildman–Crippen LogP) is 2.26. The molecule has 0 saturated heterocycles. The summed E-state index contributed by atoms with van der Waals surface area (Å²) in [5.74, 6) is 0. The molecule has 0 fully saturated rings. The van der Waals surface area contributed by atoms with Crippen molar-refractivity contribution in [3.05, 3.63) is 41.5 Å². The second-order valence-corrected chi connectivity index (χ2v) is 2.63. The summed E-state index contributed by atoms with van der Waals surface area (Å²) < 4.78 is 0. The quantitative estimate of drug-likeness (QED) is 0.571. The van der Waals surface area contributed by atoms with Crippen molar-refractivity contribution in [3.8, 4) is 0 Å². The lowest BCUT2D eigenvalue weighted by Crippen LogP contribution is -1.83. The molecule has 0 atom stereocenters. The number of nitrogens with zero attached hydrogens (tertiary/aromatic N) is 1. The zero-order valence-corrected chi connectivity index (χ0v) is 6.25. The van der Waals surface area contributed by atoms with E-state index in [2.05, 4.69) is 29.8 Å². The maximum atomic E-state index is 4.17. The van der Waals surface area contributed by atoms with Crippen molar-refractivity contribution in [3.63, 3.8) is 0 Å². The first kappa shape index (κ1) is 6.35. The smallest absolute Gasteiger partial charge is 0.0646 e. The highest BCUT2D eigenvalue weighted by Crippen LogP contribution is 2.16. The molecule has 0 N–H and O–H groups in total. The van der Waals surface area contributed by atoms with Crippen LogP contribution in [0.2, 0.25) is 0 Å². The van der Waals surface area contributed by atoms with Gasteiger partial charge in [0, 0.05) is 6.21 Å². The fraction of sp³-hybridized carbons (Fsp3) is 0.100. The molecule has 1 heterocycles. The first-order valence-corrected chi connectivity index (χ1v) is 3.65. The van der Waals surface area contributed by atoms with Gasteiger partial charge in [-0.25, -0.2) is 0 Å². The van der Waals surface area contributed by atoms with Gasteiger partial charge >= 0.3 is 0 Å². The van der Waals surface area contributed by atoms with E-state index in [9.17, 15) is 0 Å². The Labute approximate surface area is 66.1 Å². The van der Waals surface area contributed by atoms with Crippen molar-refractivity contribution in [2.24, 2.45) is 4.99 Å². The number of benzene rings is 1. The molecule has 2 rings (SSSR count). The molecule has 0 spiro atoms. The highest BCUT2D eigenvalue weighted by molar-refractivity contribution is 5.85. The molecule has 11 heavy (non-hydrogen) atoms. The van der Waals surface area contributed by atoms with Crippen LogP contribution >= 0.6 is 0 Å². The van der Waals surface area contributed by atoms with Crippen LogP contribution in [0.1, 0.15) is 16.7 Å². The van der Waals surface area contributed by atoms with Crippen LogP contribution in [0, 0.1) is 0 Å². The molecule has 0 unspecified atom stereocenters. The molecule has 0 aromatic heterocycles. The van der Waals surface area contributed by atoms with Crippen molar-refractivity contribution in [1.29, 1.82) is 0 Å². The van der Waals surface area contributed by atoms with Crippen LogP contribution in [0.15, 0.2) is 29.8 Å². The Morgan fingerprint density at radius 3 is 3.18 bits per heavy atom. The first-order chi connectivity index (χ1) is 5.40. The fourth-order valence-electron chi connectivity index (χ4n) is 1.25. The molecule has 1 aromatic carbocycles. The Hall–Kier alpha value is -1.37. The van der Waals surface area contributed by atoms with Crippen molar-refractivity contribution in [1.82, 2.24) is 0 Å². The Kier molecular flexibility index (Phi) is 1.35. The zero-order valence-electron chi connectivity index (χ0n) is 6.25. The molecule has 0 radical (unpaired) electrons. The van der Waals surface area contributed by atoms with Gasteiger partial charge < -0.3 is 0 Å². The molecule has 0 saturated carbocycles. The van der Waals surface area contributed by atoms with Crippen LogP contribution in [0.25, 0.3) is 6.08 Å². The van der Waals surface area contributed by atoms with Gasteiger partial charge in [0.05, 0.1) is 6.54 Å². The van der Waals surface area contributed by atoms with Crippen molar-refractivity contribution >= 4 is 12.3 Å². The van der Waals surface area contributed by atoms with E-state index in [1.165, 1.54) is 11.1 Å². The molecule has 0 aliphatic carbocycles. The monoisotopic (exact) mass is 143 g/mol. The predicted molar refractivity (Wildman–Crippen MR) is 47.8 cm³/mol. The molecular weight excluding hydrogens is 134 g/mol. The summed E-state index contributed by atoms with van der Waals surface area (Å²) in [6, 6.07) is 6.29. The molecule has 1 aliphatic rings. The minimum Gasteiger partial charge on any atom is -0.288 e. The van der Waals surface area contributed by atoms with Gasteiger partial charge in [0.15, 0.2) is 0 Å². The van der Waals surface area contributed by atoms with E-state index < -0.39 is 0 Å². The topological polar surface area (TPSA) is 12.4 Å². The second kappa shape index (κ2) is 2.35. The lowest BCUT2D eigenvalue weighted by atomic mass is 10.1. The lowest BCUT2D eigenvalue weighted by molar-refractivity contribution is 1.11. The maximum absolute atomic E-state index is 4.17. The van der Waals surface area contributed by atoms with Crippen LogP contribution in [0.4, 0.5) is 0 Å². The summed E-state index contributed by atoms with van der Waals surface area (Å²) in [4.78, 5) is 4.17. The standard InChI is InChI=1S/C10H9N/c1-2-8-3-4-9-6-11-7-10(9)5-8/h2-5,7H,1,6H2. The SMILES string of the molecule is C=Cc1ccc2c(c1)C=NC2. The molecule has 1 heteroatoms. The average molecular weight is 143 g/mol. The summed E-state index contributed by atoms with van der Waals surface area (Å²) in [7, 11) is 0. The summed E-state index contributed by atoms with van der Waals surface area (Å²) in [6.45, 7) is 4.55. The largest absolute Gasteiger partial charge is 0.288 e. The molecule has 1 aromatic rings. The van der Waals surface area contributed by atoms with Gasteiger partial charge in [-0.2, -0.15) is 0 Å². The van der Waals surface area contributed by atoms with E-state index in [0.717, 1.165) is 12.1 Å². The normalized spacial score (nSPS) is 13.1. The summed E-state index contributed by atoms with van der Waals surface area (Å²) in [5, 5.41) is 0. The van der Waals surface area contributed by atoms with E-state index >= 15 is 0 Å². The summed E-state index contributed by atoms with van der Waals surface area (Å²) >= 11 is 0. The van der Waals surface area contributed by atoms with E-state index in [1.807, 2.05) is 12.3 Å². The van der Waals surface area contributed by atoms with Crippen molar-refractivity contribution in [2.45, 2.75) is 6.54 Å². The molecule has 54 valence electrons. The Balaban J connectivity index is 2.55. The Morgan fingerprint density at radius 2 is 2.36 bits per heavy atom. The highest BCUT2D eigenvalue weighted by atomic mass is 14.7. The van der Waals surface area contributed by atoms with E-state index in [1.54, 1.807) is 0 Å². The van der Waals surface area contributed by atoms with Gasteiger partial charge in [-0.15, -0.1) is 0 Å². The third kappa shape index (κ3) is 0.984. The molecular formula is C10H9N. The van der Waals surface area contributed by atoms with Crippen LogP contribution in [0.5, 0.6) is 0 Å². The second-order valence-electron chi connectivity index (χ2n) is 2.63. The van der Waals surface area contributed by atoms with Gasteiger partial charge in [-0.3, -0.25) is 4.99 Å². The van der Waals surface area contributed by atoms with Gasteiger partial charge in [0.25, 0.3) is 0 Å². The number of fused-ring (bicyclic) bond motifs is 1. The molecule has 1 nitrogen and oxygen atoms in total. The van der Waals surface area contributed by atoms with Crippen molar-refractivity contribution in [2.75, 3.05) is 0 Å². The number of hydrogen-bond acceptors (Lipinski definition) is 1. The number of hydrogen-bond donors (Lipinski definition) is 0. The minimum atomic E-state index is 0.840. The summed E-state index contributed by atoms with van der Waals surface area (Å²) in [5.41, 5.74) is 3.72. The number of aliphatic imine (C=N–C) groups is 1. The van der Waals surface area contributed by atoms with Gasteiger partial charge in [0.1, 0.15) is 0 Å². The highest BCUT2D eigenvalue weighted by Gasteiger charge is 2.04. The van der Waals surface area contributed by atoms with Gasteiger partial charge in [0.2, 0.25) is 0 Å². The van der Waals surface area contributed by atoms with Crippen LogP contribution < -0.4 is 0 Å².